The molecule has 1 heterocycles. The normalized spacial score (nSPS) is 19.3. The highest BCUT2D eigenvalue weighted by molar-refractivity contribution is 5.63. The lowest BCUT2D eigenvalue weighted by atomic mass is 10.1. The van der Waals surface area contributed by atoms with Gasteiger partial charge in [-0.05, 0) is 37.0 Å². The molecule has 17 heavy (non-hydrogen) atoms. The summed E-state index contributed by atoms with van der Waals surface area (Å²) in [5.41, 5.74) is 7.94. The highest BCUT2D eigenvalue weighted by Gasteiger charge is 2.22. The van der Waals surface area contributed by atoms with Crippen LogP contribution in [-0.2, 0) is 0 Å². The molecule has 0 radical (unpaired) electrons. The summed E-state index contributed by atoms with van der Waals surface area (Å²) in [6, 6.07) is 7.64. The molecule has 0 spiro atoms. The summed E-state index contributed by atoms with van der Waals surface area (Å²) in [5.74, 6) is 0.567. The second kappa shape index (κ2) is 5.07. The van der Waals surface area contributed by atoms with Crippen LogP contribution in [0.25, 0.3) is 0 Å². The monoisotopic (exact) mass is 231 g/mol. The van der Waals surface area contributed by atoms with Gasteiger partial charge in [0.15, 0.2) is 0 Å². The van der Waals surface area contributed by atoms with E-state index in [-0.39, 0.29) is 6.61 Å². The number of nitrogens with two attached hydrogens (primary N) is 1. The van der Waals surface area contributed by atoms with Gasteiger partial charge in [0.1, 0.15) is 6.07 Å². The van der Waals surface area contributed by atoms with Crippen LogP contribution in [0.5, 0.6) is 0 Å². The van der Waals surface area contributed by atoms with Gasteiger partial charge in [-0.1, -0.05) is 0 Å². The van der Waals surface area contributed by atoms with Crippen LogP contribution >= 0.6 is 0 Å². The van der Waals surface area contributed by atoms with E-state index < -0.39 is 0 Å². The molecular weight excluding hydrogens is 214 g/mol. The van der Waals surface area contributed by atoms with Gasteiger partial charge >= 0.3 is 0 Å². The van der Waals surface area contributed by atoms with Crippen molar-refractivity contribution in [1.29, 1.82) is 5.26 Å². The van der Waals surface area contributed by atoms with Gasteiger partial charge in [0.05, 0.1) is 11.3 Å². The van der Waals surface area contributed by atoms with Crippen molar-refractivity contribution >= 4 is 11.4 Å². The number of aliphatic hydroxyl groups is 1. The van der Waals surface area contributed by atoms with Crippen molar-refractivity contribution in [2.45, 2.75) is 12.8 Å². The molecule has 0 aromatic heterocycles. The molecule has 0 bridgehead atoms. The second-order valence-corrected chi connectivity index (χ2v) is 4.50. The molecule has 3 N–H and O–H groups in total. The smallest absolute Gasteiger partial charge is 0.101 e. The van der Waals surface area contributed by atoms with Crippen LogP contribution in [0.3, 0.4) is 0 Å². The van der Waals surface area contributed by atoms with E-state index in [2.05, 4.69) is 11.0 Å². The molecule has 0 aliphatic carbocycles. The van der Waals surface area contributed by atoms with Crippen molar-refractivity contribution in [2.75, 3.05) is 30.3 Å². The lowest BCUT2D eigenvalue weighted by Crippen LogP contribution is -2.20. The van der Waals surface area contributed by atoms with Crippen LogP contribution in [0.4, 0.5) is 11.4 Å². The molecule has 0 saturated carbocycles. The van der Waals surface area contributed by atoms with Crippen molar-refractivity contribution in [3.05, 3.63) is 23.8 Å². The summed E-state index contributed by atoms with van der Waals surface area (Å²) < 4.78 is 0. The summed E-state index contributed by atoms with van der Waals surface area (Å²) in [4.78, 5) is 2.26. The van der Waals surface area contributed by atoms with Gasteiger partial charge in [-0.25, -0.2) is 0 Å². The van der Waals surface area contributed by atoms with Gasteiger partial charge in [-0.15, -0.1) is 0 Å². The molecule has 4 nitrogen and oxygen atoms in total. The number of nitriles is 1. The number of hydrogen-bond acceptors (Lipinski definition) is 4. The Morgan fingerprint density at radius 2 is 2.35 bits per heavy atom. The molecule has 2 rings (SSSR count). The summed E-state index contributed by atoms with van der Waals surface area (Å²) in [7, 11) is 0. The minimum absolute atomic E-state index is 0.258. The van der Waals surface area contributed by atoms with Crippen molar-refractivity contribution in [2.24, 2.45) is 5.92 Å². The standard InChI is InChI=1S/C13H17N3O/c14-8-11-1-2-12(7-13(11)15)16-5-3-10(9-16)4-6-17/h1-2,7,10,17H,3-6,9,15H2. The number of aliphatic hydroxyl groups excluding tert-OH is 1. The number of anilines is 2. The van der Waals surface area contributed by atoms with E-state index in [0.29, 0.717) is 17.2 Å². The minimum Gasteiger partial charge on any atom is -0.398 e. The maximum absolute atomic E-state index is 8.92. The first-order valence-electron chi connectivity index (χ1n) is 5.90. The summed E-state index contributed by atoms with van der Waals surface area (Å²) in [6.07, 6.45) is 1.97. The van der Waals surface area contributed by atoms with Crippen molar-refractivity contribution < 1.29 is 5.11 Å². The fourth-order valence-electron chi connectivity index (χ4n) is 2.33. The Kier molecular flexibility index (Phi) is 3.50. The van der Waals surface area contributed by atoms with E-state index in [1.807, 2.05) is 12.1 Å². The van der Waals surface area contributed by atoms with E-state index in [1.54, 1.807) is 6.07 Å². The van der Waals surface area contributed by atoms with Gasteiger partial charge in [0, 0.05) is 25.4 Å². The molecule has 1 saturated heterocycles. The third-order valence-corrected chi connectivity index (χ3v) is 3.34. The number of hydrogen-bond donors (Lipinski definition) is 2. The zero-order chi connectivity index (χ0) is 12.3. The lowest BCUT2D eigenvalue weighted by molar-refractivity contribution is 0.263. The molecule has 1 fully saturated rings. The average molecular weight is 231 g/mol. The molecule has 1 aromatic rings. The Balaban J connectivity index is 2.09. The number of rotatable bonds is 3. The summed E-state index contributed by atoms with van der Waals surface area (Å²) >= 11 is 0. The van der Waals surface area contributed by atoms with E-state index in [0.717, 1.165) is 31.6 Å². The Morgan fingerprint density at radius 1 is 1.53 bits per heavy atom. The predicted molar refractivity (Wildman–Crippen MR) is 67.6 cm³/mol. The first-order chi connectivity index (χ1) is 8.24. The number of nitrogens with zero attached hydrogens (tertiary/aromatic N) is 2. The highest BCUT2D eigenvalue weighted by Crippen LogP contribution is 2.27. The van der Waals surface area contributed by atoms with Gasteiger partial charge in [-0.2, -0.15) is 5.26 Å². The minimum atomic E-state index is 0.258. The Morgan fingerprint density at radius 3 is 3.00 bits per heavy atom. The SMILES string of the molecule is N#Cc1ccc(N2CCC(CCO)C2)cc1N. The van der Waals surface area contributed by atoms with Crippen LogP contribution in [0.15, 0.2) is 18.2 Å². The second-order valence-electron chi connectivity index (χ2n) is 4.50. The summed E-state index contributed by atoms with van der Waals surface area (Å²) in [6.45, 7) is 2.22. The van der Waals surface area contributed by atoms with E-state index >= 15 is 0 Å². The van der Waals surface area contributed by atoms with Gasteiger partial charge in [0.25, 0.3) is 0 Å². The van der Waals surface area contributed by atoms with Crippen LogP contribution in [0.1, 0.15) is 18.4 Å². The third kappa shape index (κ3) is 2.51. The topological polar surface area (TPSA) is 73.3 Å². The van der Waals surface area contributed by atoms with E-state index in [4.69, 9.17) is 16.1 Å². The third-order valence-electron chi connectivity index (χ3n) is 3.34. The summed E-state index contributed by atoms with van der Waals surface area (Å²) in [5, 5.41) is 17.7. The van der Waals surface area contributed by atoms with Crippen molar-refractivity contribution in [3.63, 3.8) is 0 Å². The van der Waals surface area contributed by atoms with Gasteiger partial charge in [0.2, 0.25) is 0 Å². The Bertz CT molecular complexity index is 439. The lowest BCUT2D eigenvalue weighted by Gasteiger charge is -2.19. The molecule has 4 heteroatoms. The maximum atomic E-state index is 8.92. The maximum Gasteiger partial charge on any atom is 0.101 e. The molecule has 1 atom stereocenters. The zero-order valence-corrected chi connectivity index (χ0v) is 9.76. The van der Waals surface area contributed by atoms with Crippen LogP contribution in [-0.4, -0.2) is 24.8 Å². The van der Waals surface area contributed by atoms with Crippen LogP contribution < -0.4 is 10.6 Å². The highest BCUT2D eigenvalue weighted by atomic mass is 16.3. The molecule has 0 amide bonds. The van der Waals surface area contributed by atoms with Crippen molar-refractivity contribution in [1.82, 2.24) is 0 Å². The quantitative estimate of drug-likeness (QED) is 0.770. The Hall–Kier alpha value is -1.73. The van der Waals surface area contributed by atoms with Gasteiger partial charge < -0.3 is 15.7 Å². The van der Waals surface area contributed by atoms with Crippen LogP contribution in [0, 0.1) is 17.2 Å². The first-order valence-corrected chi connectivity index (χ1v) is 5.90. The average Bonchev–Trinajstić information content (AvgIpc) is 2.78. The molecular formula is C13H17N3O. The van der Waals surface area contributed by atoms with Crippen LogP contribution in [0.2, 0.25) is 0 Å². The molecule has 1 aliphatic heterocycles. The fourth-order valence-corrected chi connectivity index (χ4v) is 2.33. The fraction of sp³-hybridized carbons (Fsp3) is 0.462. The van der Waals surface area contributed by atoms with Gasteiger partial charge in [-0.3, -0.25) is 0 Å². The predicted octanol–water partition coefficient (Wildman–Crippen LogP) is 1.35. The molecule has 1 aromatic carbocycles. The molecule has 1 aliphatic rings. The first kappa shape index (κ1) is 11.7. The molecule has 1 unspecified atom stereocenters. The zero-order valence-electron chi connectivity index (χ0n) is 9.76. The largest absolute Gasteiger partial charge is 0.398 e. The molecule has 90 valence electrons. The van der Waals surface area contributed by atoms with E-state index in [1.165, 1.54) is 0 Å². The number of benzene rings is 1. The number of nitrogen functional groups attached to an aromatic ring is 1. The van der Waals surface area contributed by atoms with E-state index in [9.17, 15) is 0 Å². The van der Waals surface area contributed by atoms with Crippen molar-refractivity contribution in [3.8, 4) is 6.07 Å². The Labute approximate surface area is 101 Å².